The SMILES string of the molecule is COc1cc(I)c(Cl)cc1C(=O)N1CCCCCC1. The lowest BCUT2D eigenvalue weighted by molar-refractivity contribution is 0.0758. The van der Waals surface area contributed by atoms with Gasteiger partial charge in [0.2, 0.25) is 0 Å². The summed E-state index contributed by atoms with van der Waals surface area (Å²) >= 11 is 8.26. The van der Waals surface area contributed by atoms with Gasteiger partial charge in [-0.2, -0.15) is 0 Å². The van der Waals surface area contributed by atoms with Gasteiger partial charge in [0.05, 0.1) is 17.7 Å². The second kappa shape index (κ2) is 6.79. The van der Waals surface area contributed by atoms with E-state index in [0.717, 1.165) is 29.5 Å². The van der Waals surface area contributed by atoms with E-state index in [4.69, 9.17) is 16.3 Å². The molecule has 0 bridgehead atoms. The molecule has 0 saturated carbocycles. The molecule has 0 spiro atoms. The van der Waals surface area contributed by atoms with Crippen LogP contribution in [0, 0.1) is 3.57 Å². The number of hydrogen-bond acceptors (Lipinski definition) is 2. The number of carbonyl (C=O) groups is 1. The number of ether oxygens (including phenoxy) is 1. The van der Waals surface area contributed by atoms with Gasteiger partial charge < -0.3 is 9.64 Å². The monoisotopic (exact) mass is 393 g/mol. The normalized spacial score (nSPS) is 16.1. The lowest BCUT2D eigenvalue weighted by Crippen LogP contribution is -2.32. The first kappa shape index (κ1) is 14.9. The van der Waals surface area contributed by atoms with Crippen LogP contribution in [0.4, 0.5) is 0 Å². The first-order valence-corrected chi connectivity index (χ1v) is 7.91. The zero-order valence-corrected chi connectivity index (χ0v) is 13.8. The van der Waals surface area contributed by atoms with Gasteiger partial charge in [-0.1, -0.05) is 24.4 Å². The van der Waals surface area contributed by atoms with Crippen molar-refractivity contribution in [3.63, 3.8) is 0 Å². The average Bonchev–Trinajstić information content (AvgIpc) is 2.69. The van der Waals surface area contributed by atoms with Crippen molar-refractivity contribution in [2.24, 2.45) is 0 Å². The molecule has 1 fully saturated rings. The van der Waals surface area contributed by atoms with Gasteiger partial charge in [-0.05, 0) is 47.6 Å². The van der Waals surface area contributed by atoms with E-state index in [0.29, 0.717) is 16.3 Å². The first-order chi connectivity index (χ1) is 9.13. The first-order valence-electron chi connectivity index (χ1n) is 6.46. The number of halogens is 2. The van der Waals surface area contributed by atoms with Gasteiger partial charge in [-0.3, -0.25) is 4.79 Å². The minimum absolute atomic E-state index is 0.0250. The number of methoxy groups -OCH3 is 1. The fraction of sp³-hybridized carbons (Fsp3) is 0.500. The molecular weight excluding hydrogens is 377 g/mol. The number of rotatable bonds is 2. The van der Waals surface area contributed by atoms with Crippen molar-refractivity contribution in [1.29, 1.82) is 0 Å². The number of benzene rings is 1. The summed E-state index contributed by atoms with van der Waals surface area (Å²) in [5.41, 5.74) is 0.565. The van der Waals surface area contributed by atoms with E-state index in [-0.39, 0.29) is 5.91 Å². The van der Waals surface area contributed by atoms with E-state index in [9.17, 15) is 4.79 Å². The summed E-state index contributed by atoms with van der Waals surface area (Å²) in [6.45, 7) is 1.65. The third-order valence-electron chi connectivity index (χ3n) is 3.37. The Morgan fingerprint density at radius 2 is 1.89 bits per heavy atom. The highest BCUT2D eigenvalue weighted by atomic mass is 127. The van der Waals surface area contributed by atoms with Crippen LogP contribution in [0.3, 0.4) is 0 Å². The molecule has 0 aliphatic carbocycles. The Bertz CT molecular complexity index is 471. The van der Waals surface area contributed by atoms with Gasteiger partial charge in [-0.15, -0.1) is 0 Å². The Hall–Kier alpha value is -0.490. The summed E-state index contributed by atoms with van der Waals surface area (Å²) in [7, 11) is 1.58. The molecule has 19 heavy (non-hydrogen) atoms. The van der Waals surface area contributed by atoms with Crippen LogP contribution in [0.1, 0.15) is 36.0 Å². The molecular formula is C14H17ClINO2. The molecule has 1 aliphatic rings. The van der Waals surface area contributed by atoms with E-state index in [1.54, 1.807) is 13.2 Å². The third kappa shape index (κ3) is 3.54. The van der Waals surface area contributed by atoms with Crippen LogP contribution in [0.5, 0.6) is 5.75 Å². The molecule has 1 aromatic carbocycles. The molecule has 3 nitrogen and oxygen atoms in total. The number of amides is 1. The van der Waals surface area contributed by atoms with E-state index < -0.39 is 0 Å². The summed E-state index contributed by atoms with van der Waals surface area (Å²) in [4.78, 5) is 14.5. The topological polar surface area (TPSA) is 29.5 Å². The van der Waals surface area contributed by atoms with Crippen molar-refractivity contribution in [1.82, 2.24) is 4.90 Å². The fourth-order valence-corrected chi connectivity index (χ4v) is 2.91. The van der Waals surface area contributed by atoms with Gasteiger partial charge in [0, 0.05) is 16.7 Å². The van der Waals surface area contributed by atoms with Crippen LogP contribution in [0.15, 0.2) is 12.1 Å². The van der Waals surface area contributed by atoms with Crippen LogP contribution in [0.2, 0.25) is 5.02 Å². The maximum atomic E-state index is 12.6. The van der Waals surface area contributed by atoms with Crippen molar-refractivity contribution in [2.75, 3.05) is 20.2 Å². The van der Waals surface area contributed by atoms with E-state index in [2.05, 4.69) is 22.6 Å². The highest BCUT2D eigenvalue weighted by Gasteiger charge is 2.21. The summed E-state index contributed by atoms with van der Waals surface area (Å²) in [5, 5.41) is 0.597. The highest BCUT2D eigenvalue weighted by molar-refractivity contribution is 14.1. The maximum absolute atomic E-state index is 12.6. The van der Waals surface area contributed by atoms with Gasteiger partial charge in [0.1, 0.15) is 5.75 Å². The predicted octanol–water partition coefficient (Wildman–Crippen LogP) is 3.97. The molecule has 0 aromatic heterocycles. The van der Waals surface area contributed by atoms with Crippen molar-refractivity contribution < 1.29 is 9.53 Å². The van der Waals surface area contributed by atoms with Crippen LogP contribution in [0.25, 0.3) is 0 Å². The molecule has 1 saturated heterocycles. The molecule has 0 N–H and O–H groups in total. The van der Waals surface area contributed by atoms with Crippen LogP contribution in [-0.2, 0) is 0 Å². The molecule has 1 aromatic rings. The zero-order chi connectivity index (χ0) is 13.8. The summed E-state index contributed by atoms with van der Waals surface area (Å²) in [6, 6.07) is 3.53. The molecule has 1 aliphatic heterocycles. The fourth-order valence-electron chi connectivity index (χ4n) is 2.31. The van der Waals surface area contributed by atoms with Gasteiger partial charge in [0.15, 0.2) is 0 Å². The van der Waals surface area contributed by atoms with Gasteiger partial charge in [0.25, 0.3) is 5.91 Å². The smallest absolute Gasteiger partial charge is 0.257 e. The minimum atomic E-state index is 0.0250. The van der Waals surface area contributed by atoms with Crippen molar-refractivity contribution >= 4 is 40.1 Å². The van der Waals surface area contributed by atoms with E-state index >= 15 is 0 Å². The molecule has 1 amide bonds. The standard InChI is InChI=1S/C14H17ClINO2/c1-19-13-9-12(16)11(15)8-10(13)14(18)17-6-4-2-3-5-7-17/h8-9H,2-7H2,1H3. The highest BCUT2D eigenvalue weighted by Crippen LogP contribution is 2.29. The molecule has 2 rings (SSSR count). The second-order valence-electron chi connectivity index (χ2n) is 4.67. The van der Waals surface area contributed by atoms with Crippen molar-refractivity contribution in [2.45, 2.75) is 25.7 Å². The maximum Gasteiger partial charge on any atom is 0.257 e. The number of nitrogens with zero attached hydrogens (tertiary/aromatic N) is 1. The Labute approximate surface area is 132 Å². The zero-order valence-electron chi connectivity index (χ0n) is 10.9. The molecule has 104 valence electrons. The third-order valence-corrected chi connectivity index (χ3v) is 4.89. The Balaban J connectivity index is 2.29. The average molecular weight is 394 g/mol. The number of likely N-dealkylation sites (tertiary alicyclic amines) is 1. The van der Waals surface area contributed by atoms with Crippen molar-refractivity contribution in [3.05, 3.63) is 26.3 Å². The molecule has 0 radical (unpaired) electrons. The Kier molecular flexibility index (Phi) is 5.33. The Morgan fingerprint density at radius 1 is 1.26 bits per heavy atom. The van der Waals surface area contributed by atoms with Gasteiger partial charge in [-0.25, -0.2) is 0 Å². The quantitative estimate of drug-likeness (QED) is 0.712. The largest absolute Gasteiger partial charge is 0.496 e. The molecule has 0 atom stereocenters. The predicted molar refractivity (Wildman–Crippen MR) is 85.1 cm³/mol. The lowest BCUT2D eigenvalue weighted by atomic mass is 10.1. The number of carbonyl (C=O) groups excluding carboxylic acids is 1. The van der Waals surface area contributed by atoms with Crippen LogP contribution < -0.4 is 4.74 Å². The summed E-state index contributed by atoms with van der Waals surface area (Å²) < 4.78 is 6.21. The van der Waals surface area contributed by atoms with Crippen LogP contribution >= 0.6 is 34.2 Å². The van der Waals surface area contributed by atoms with Crippen LogP contribution in [-0.4, -0.2) is 31.0 Å². The molecule has 5 heteroatoms. The van der Waals surface area contributed by atoms with Crippen molar-refractivity contribution in [3.8, 4) is 5.75 Å². The van der Waals surface area contributed by atoms with E-state index in [1.807, 2.05) is 11.0 Å². The molecule has 0 unspecified atom stereocenters. The summed E-state index contributed by atoms with van der Waals surface area (Å²) in [6.07, 6.45) is 4.56. The van der Waals surface area contributed by atoms with Gasteiger partial charge >= 0.3 is 0 Å². The minimum Gasteiger partial charge on any atom is -0.496 e. The second-order valence-corrected chi connectivity index (χ2v) is 6.24. The lowest BCUT2D eigenvalue weighted by Gasteiger charge is -2.21. The number of hydrogen-bond donors (Lipinski definition) is 0. The Morgan fingerprint density at radius 3 is 2.47 bits per heavy atom. The molecule has 1 heterocycles. The van der Waals surface area contributed by atoms with E-state index in [1.165, 1.54) is 12.8 Å². The summed E-state index contributed by atoms with van der Waals surface area (Å²) in [5.74, 6) is 0.625.